The van der Waals surface area contributed by atoms with Gasteiger partial charge in [-0.2, -0.15) is 0 Å². The molecule has 96 valence electrons. The predicted octanol–water partition coefficient (Wildman–Crippen LogP) is 2.22. The predicted molar refractivity (Wildman–Crippen MR) is 68.5 cm³/mol. The van der Waals surface area contributed by atoms with Crippen molar-refractivity contribution in [2.45, 2.75) is 13.3 Å². The zero-order valence-electron chi connectivity index (χ0n) is 10.5. The van der Waals surface area contributed by atoms with Crippen LogP contribution in [0.25, 0.3) is 11.0 Å². The Labute approximate surface area is 105 Å². The maximum atomic E-state index is 12.0. The summed E-state index contributed by atoms with van der Waals surface area (Å²) < 4.78 is 10.4. The van der Waals surface area contributed by atoms with Crippen LogP contribution in [0.2, 0.25) is 0 Å². The number of carbonyl (C=O) groups is 1. The van der Waals surface area contributed by atoms with Gasteiger partial charge in [0.05, 0.1) is 24.8 Å². The minimum atomic E-state index is 0.0215. The Morgan fingerprint density at radius 2 is 2.33 bits per heavy atom. The van der Waals surface area contributed by atoms with Gasteiger partial charge in [0.2, 0.25) is 5.91 Å². The lowest BCUT2D eigenvalue weighted by molar-refractivity contribution is -0.118. The average Bonchev–Trinajstić information content (AvgIpc) is 2.87. The van der Waals surface area contributed by atoms with Gasteiger partial charge < -0.3 is 9.15 Å². The molecule has 0 fully saturated rings. The van der Waals surface area contributed by atoms with Gasteiger partial charge in [0.15, 0.2) is 0 Å². The molecule has 0 saturated heterocycles. The van der Waals surface area contributed by atoms with Crippen molar-refractivity contribution < 1.29 is 13.9 Å². The van der Waals surface area contributed by atoms with E-state index in [0.717, 1.165) is 11.0 Å². The first kappa shape index (κ1) is 12.6. The van der Waals surface area contributed by atoms with Crippen LogP contribution in [0.3, 0.4) is 0 Å². The van der Waals surface area contributed by atoms with Crippen LogP contribution in [0.4, 0.5) is 5.82 Å². The standard InChI is InChI=1S/C13H16N2O3/c1-3-12(16)15(7-9-17-2)13-10-5-8-18-11(10)4-6-14-13/h4-6,8H,3,7,9H2,1-2H3. The fourth-order valence-corrected chi connectivity index (χ4v) is 1.82. The summed E-state index contributed by atoms with van der Waals surface area (Å²) in [6.07, 6.45) is 3.67. The zero-order chi connectivity index (χ0) is 13.0. The summed E-state index contributed by atoms with van der Waals surface area (Å²) in [4.78, 5) is 17.9. The lowest BCUT2D eigenvalue weighted by atomic mass is 10.2. The summed E-state index contributed by atoms with van der Waals surface area (Å²) in [6, 6.07) is 3.60. The van der Waals surface area contributed by atoms with Gasteiger partial charge in [-0.05, 0) is 12.1 Å². The van der Waals surface area contributed by atoms with Crippen LogP contribution in [0.1, 0.15) is 13.3 Å². The fraction of sp³-hybridized carbons (Fsp3) is 0.385. The van der Waals surface area contributed by atoms with E-state index in [9.17, 15) is 4.79 Å². The number of methoxy groups -OCH3 is 1. The first-order valence-corrected chi connectivity index (χ1v) is 5.89. The van der Waals surface area contributed by atoms with E-state index in [0.29, 0.717) is 25.4 Å². The van der Waals surface area contributed by atoms with Gasteiger partial charge in [0.25, 0.3) is 0 Å². The summed E-state index contributed by atoms with van der Waals surface area (Å²) in [5.74, 6) is 0.651. The molecule has 1 amide bonds. The van der Waals surface area contributed by atoms with E-state index in [1.807, 2.05) is 13.0 Å². The molecule has 5 nitrogen and oxygen atoms in total. The molecule has 0 spiro atoms. The number of aromatic nitrogens is 1. The topological polar surface area (TPSA) is 55.6 Å². The minimum absolute atomic E-state index is 0.0215. The molecule has 2 aromatic heterocycles. The molecular weight excluding hydrogens is 232 g/mol. The largest absolute Gasteiger partial charge is 0.464 e. The van der Waals surface area contributed by atoms with Crippen molar-refractivity contribution in [3.8, 4) is 0 Å². The smallest absolute Gasteiger partial charge is 0.227 e. The van der Waals surface area contributed by atoms with Crippen LogP contribution in [-0.4, -0.2) is 31.2 Å². The molecule has 0 aliphatic carbocycles. The van der Waals surface area contributed by atoms with Crippen LogP contribution in [0, 0.1) is 0 Å². The van der Waals surface area contributed by atoms with Crippen molar-refractivity contribution in [3.05, 3.63) is 24.6 Å². The zero-order valence-corrected chi connectivity index (χ0v) is 10.5. The Morgan fingerprint density at radius 1 is 1.50 bits per heavy atom. The maximum Gasteiger partial charge on any atom is 0.227 e. The van der Waals surface area contributed by atoms with E-state index in [1.165, 1.54) is 0 Å². The summed E-state index contributed by atoms with van der Waals surface area (Å²) in [7, 11) is 1.61. The van der Waals surface area contributed by atoms with Crippen LogP contribution in [-0.2, 0) is 9.53 Å². The molecule has 0 saturated carbocycles. The number of anilines is 1. The molecule has 0 aromatic carbocycles. The number of amides is 1. The van der Waals surface area contributed by atoms with Gasteiger partial charge in [-0.1, -0.05) is 6.92 Å². The third-order valence-electron chi connectivity index (χ3n) is 2.74. The Morgan fingerprint density at radius 3 is 3.06 bits per heavy atom. The highest BCUT2D eigenvalue weighted by molar-refractivity contribution is 6.00. The number of hydrogen-bond donors (Lipinski definition) is 0. The monoisotopic (exact) mass is 248 g/mol. The summed E-state index contributed by atoms with van der Waals surface area (Å²) in [5, 5.41) is 0.843. The summed E-state index contributed by atoms with van der Waals surface area (Å²) in [5.41, 5.74) is 0.728. The molecule has 0 N–H and O–H groups in total. The maximum absolute atomic E-state index is 12.0. The van der Waals surface area contributed by atoms with Crippen molar-refractivity contribution in [1.29, 1.82) is 0 Å². The van der Waals surface area contributed by atoms with E-state index < -0.39 is 0 Å². The average molecular weight is 248 g/mol. The molecule has 2 heterocycles. The number of pyridine rings is 1. The second-order valence-corrected chi connectivity index (χ2v) is 3.86. The summed E-state index contributed by atoms with van der Waals surface area (Å²) in [6.45, 7) is 2.79. The quantitative estimate of drug-likeness (QED) is 0.814. The molecule has 2 rings (SSSR count). The second kappa shape index (κ2) is 5.64. The van der Waals surface area contributed by atoms with E-state index in [1.54, 1.807) is 30.5 Å². The molecule has 0 aliphatic rings. The molecule has 0 bridgehead atoms. The fourth-order valence-electron chi connectivity index (χ4n) is 1.82. The van der Waals surface area contributed by atoms with Crippen molar-refractivity contribution in [2.75, 3.05) is 25.2 Å². The highest BCUT2D eigenvalue weighted by Crippen LogP contribution is 2.25. The number of hydrogen-bond acceptors (Lipinski definition) is 4. The van der Waals surface area contributed by atoms with Crippen LogP contribution in [0.15, 0.2) is 29.0 Å². The number of nitrogens with zero attached hydrogens (tertiary/aromatic N) is 2. The van der Waals surface area contributed by atoms with E-state index >= 15 is 0 Å². The normalized spacial score (nSPS) is 10.8. The molecule has 0 unspecified atom stereocenters. The van der Waals surface area contributed by atoms with Gasteiger partial charge in [-0.3, -0.25) is 9.69 Å². The first-order chi connectivity index (χ1) is 8.77. The van der Waals surface area contributed by atoms with Crippen molar-refractivity contribution in [3.63, 3.8) is 0 Å². The molecule has 0 aliphatic heterocycles. The van der Waals surface area contributed by atoms with Crippen molar-refractivity contribution >= 4 is 22.7 Å². The van der Waals surface area contributed by atoms with Crippen LogP contribution >= 0.6 is 0 Å². The Kier molecular flexibility index (Phi) is 3.94. The highest BCUT2D eigenvalue weighted by atomic mass is 16.5. The van der Waals surface area contributed by atoms with E-state index in [-0.39, 0.29) is 5.91 Å². The molecular formula is C13H16N2O3. The third kappa shape index (κ3) is 2.36. The van der Waals surface area contributed by atoms with Gasteiger partial charge in [-0.15, -0.1) is 0 Å². The number of furan rings is 1. The summed E-state index contributed by atoms with van der Waals surface area (Å²) >= 11 is 0. The van der Waals surface area contributed by atoms with E-state index in [4.69, 9.17) is 9.15 Å². The van der Waals surface area contributed by atoms with Gasteiger partial charge in [-0.25, -0.2) is 4.98 Å². The SMILES string of the molecule is CCC(=O)N(CCOC)c1nccc2occc12. The number of carbonyl (C=O) groups excluding carboxylic acids is 1. The van der Waals surface area contributed by atoms with Crippen LogP contribution in [0.5, 0.6) is 0 Å². The van der Waals surface area contributed by atoms with Gasteiger partial charge in [0, 0.05) is 19.7 Å². The third-order valence-corrected chi connectivity index (χ3v) is 2.74. The Hall–Kier alpha value is -1.88. The van der Waals surface area contributed by atoms with Crippen molar-refractivity contribution in [2.24, 2.45) is 0 Å². The minimum Gasteiger partial charge on any atom is -0.464 e. The number of ether oxygens (including phenoxy) is 1. The molecule has 0 radical (unpaired) electrons. The van der Waals surface area contributed by atoms with Crippen molar-refractivity contribution in [1.82, 2.24) is 4.98 Å². The van der Waals surface area contributed by atoms with Gasteiger partial charge in [0.1, 0.15) is 11.4 Å². The second-order valence-electron chi connectivity index (χ2n) is 3.86. The Balaban J connectivity index is 2.40. The highest BCUT2D eigenvalue weighted by Gasteiger charge is 2.18. The molecule has 18 heavy (non-hydrogen) atoms. The molecule has 0 atom stereocenters. The molecule has 2 aromatic rings. The lowest BCUT2D eigenvalue weighted by Gasteiger charge is -2.21. The number of rotatable bonds is 5. The number of fused-ring (bicyclic) bond motifs is 1. The molecule has 5 heteroatoms. The van der Waals surface area contributed by atoms with Crippen LogP contribution < -0.4 is 4.90 Å². The first-order valence-electron chi connectivity index (χ1n) is 5.89. The van der Waals surface area contributed by atoms with Gasteiger partial charge >= 0.3 is 0 Å². The van der Waals surface area contributed by atoms with E-state index in [2.05, 4.69) is 4.98 Å². The Bertz CT molecular complexity index is 536. The lowest BCUT2D eigenvalue weighted by Crippen LogP contribution is -2.34.